The Labute approximate surface area is 93.0 Å². The van der Waals surface area contributed by atoms with E-state index < -0.39 is 0 Å². The lowest BCUT2D eigenvalue weighted by Gasteiger charge is -2.25. The van der Waals surface area contributed by atoms with Crippen molar-refractivity contribution in [3.63, 3.8) is 0 Å². The number of hydrogen-bond donors (Lipinski definition) is 2. The second-order valence-electron chi connectivity index (χ2n) is 5.04. The summed E-state index contributed by atoms with van der Waals surface area (Å²) in [6, 6.07) is 1.38. The summed E-state index contributed by atoms with van der Waals surface area (Å²) in [5.74, 6) is 0.862. The van der Waals surface area contributed by atoms with E-state index in [1.54, 1.807) is 7.11 Å². The van der Waals surface area contributed by atoms with Crippen molar-refractivity contribution in [2.24, 2.45) is 5.92 Å². The van der Waals surface area contributed by atoms with E-state index in [4.69, 9.17) is 4.74 Å². The highest BCUT2D eigenvalue weighted by atomic mass is 16.5. The maximum atomic E-state index is 5.19. The molecule has 2 saturated heterocycles. The topological polar surface area (TPSA) is 33.3 Å². The van der Waals surface area contributed by atoms with Crippen LogP contribution in [0.3, 0.4) is 0 Å². The number of methoxy groups -OCH3 is 1. The fourth-order valence-electron chi connectivity index (χ4n) is 2.94. The molecular formula is C12H24N2O. The Bertz CT molecular complexity index is 180. The molecule has 0 aromatic heterocycles. The number of rotatable bonds is 4. The zero-order valence-electron chi connectivity index (χ0n) is 9.80. The largest absolute Gasteiger partial charge is 0.383 e. The molecule has 0 spiro atoms. The fraction of sp³-hybridized carbons (Fsp3) is 1.00. The van der Waals surface area contributed by atoms with Crippen LogP contribution in [0.1, 0.15) is 32.1 Å². The first-order valence-corrected chi connectivity index (χ1v) is 6.34. The molecule has 2 fully saturated rings. The lowest BCUT2D eigenvalue weighted by atomic mass is 9.92. The summed E-state index contributed by atoms with van der Waals surface area (Å²) in [6.07, 6.45) is 6.82. The third kappa shape index (κ3) is 3.44. The molecule has 2 aliphatic rings. The van der Waals surface area contributed by atoms with Crippen molar-refractivity contribution in [1.82, 2.24) is 10.6 Å². The summed E-state index contributed by atoms with van der Waals surface area (Å²) in [5.41, 5.74) is 0. The lowest BCUT2D eigenvalue weighted by molar-refractivity contribution is 0.171. The van der Waals surface area contributed by atoms with Crippen molar-refractivity contribution >= 4 is 0 Å². The molecule has 3 unspecified atom stereocenters. The Morgan fingerprint density at radius 3 is 2.87 bits per heavy atom. The van der Waals surface area contributed by atoms with Crippen LogP contribution < -0.4 is 10.6 Å². The van der Waals surface area contributed by atoms with E-state index in [1.165, 1.54) is 45.2 Å². The molecule has 15 heavy (non-hydrogen) atoms. The van der Waals surface area contributed by atoms with E-state index in [-0.39, 0.29) is 0 Å². The van der Waals surface area contributed by atoms with E-state index in [9.17, 15) is 0 Å². The summed E-state index contributed by atoms with van der Waals surface area (Å²) in [5, 5.41) is 7.18. The Kier molecular flexibility index (Phi) is 4.42. The smallest absolute Gasteiger partial charge is 0.0615 e. The van der Waals surface area contributed by atoms with E-state index in [0.717, 1.165) is 18.6 Å². The van der Waals surface area contributed by atoms with Gasteiger partial charge in [-0.2, -0.15) is 0 Å². The molecule has 0 bridgehead atoms. The van der Waals surface area contributed by atoms with Gasteiger partial charge in [0, 0.05) is 19.2 Å². The second kappa shape index (κ2) is 5.83. The summed E-state index contributed by atoms with van der Waals surface area (Å²) in [7, 11) is 1.79. The van der Waals surface area contributed by atoms with Gasteiger partial charge in [-0.1, -0.05) is 6.42 Å². The highest BCUT2D eigenvalue weighted by Gasteiger charge is 2.26. The molecule has 0 aliphatic carbocycles. The zero-order valence-corrected chi connectivity index (χ0v) is 9.80. The van der Waals surface area contributed by atoms with Crippen molar-refractivity contribution in [3.8, 4) is 0 Å². The van der Waals surface area contributed by atoms with Gasteiger partial charge < -0.3 is 15.4 Å². The molecule has 0 radical (unpaired) electrons. The van der Waals surface area contributed by atoms with Crippen LogP contribution in [0.15, 0.2) is 0 Å². The van der Waals surface area contributed by atoms with Gasteiger partial charge in [0.25, 0.3) is 0 Å². The summed E-state index contributed by atoms with van der Waals surface area (Å²) in [4.78, 5) is 0. The molecule has 2 heterocycles. The first kappa shape index (κ1) is 11.4. The minimum atomic E-state index is 0.601. The Balaban J connectivity index is 1.67. The van der Waals surface area contributed by atoms with Gasteiger partial charge in [-0.15, -0.1) is 0 Å². The summed E-state index contributed by atoms with van der Waals surface area (Å²) < 4.78 is 5.19. The Morgan fingerprint density at radius 2 is 2.13 bits per heavy atom. The molecule has 0 aromatic carbocycles. The van der Waals surface area contributed by atoms with Crippen molar-refractivity contribution in [2.75, 3.05) is 26.8 Å². The highest BCUT2D eigenvalue weighted by molar-refractivity contribution is 4.85. The van der Waals surface area contributed by atoms with Crippen LogP contribution in [0.5, 0.6) is 0 Å². The number of hydrogen-bond acceptors (Lipinski definition) is 3. The molecule has 3 nitrogen and oxygen atoms in total. The lowest BCUT2D eigenvalue weighted by Crippen LogP contribution is -2.35. The van der Waals surface area contributed by atoms with Gasteiger partial charge in [0.1, 0.15) is 0 Å². The summed E-state index contributed by atoms with van der Waals surface area (Å²) >= 11 is 0. The first-order valence-electron chi connectivity index (χ1n) is 6.34. The van der Waals surface area contributed by atoms with Crippen LogP contribution >= 0.6 is 0 Å². The quantitative estimate of drug-likeness (QED) is 0.733. The van der Waals surface area contributed by atoms with Crippen LogP contribution in [0, 0.1) is 5.92 Å². The Hall–Kier alpha value is -0.120. The van der Waals surface area contributed by atoms with Gasteiger partial charge in [-0.05, 0) is 44.7 Å². The predicted octanol–water partition coefficient (Wildman–Crippen LogP) is 1.14. The van der Waals surface area contributed by atoms with Crippen molar-refractivity contribution in [2.45, 2.75) is 44.2 Å². The number of piperidine rings is 1. The van der Waals surface area contributed by atoms with Crippen LogP contribution in [-0.4, -0.2) is 38.9 Å². The van der Waals surface area contributed by atoms with Gasteiger partial charge in [-0.25, -0.2) is 0 Å². The molecule has 2 N–H and O–H groups in total. The van der Waals surface area contributed by atoms with E-state index >= 15 is 0 Å². The molecule has 0 saturated carbocycles. The summed E-state index contributed by atoms with van der Waals surface area (Å²) in [6.45, 7) is 3.28. The average Bonchev–Trinajstić information content (AvgIpc) is 2.68. The highest BCUT2D eigenvalue weighted by Crippen LogP contribution is 2.22. The first-order chi connectivity index (χ1) is 7.38. The van der Waals surface area contributed by atoms with Crippen molar-refractivity contribution < 1.29 is 4.74 Å². The fourth-order valence-corrected chi connectivity index (χ4v) is 2.94. The van der Waals surface area contributed by atoms with Crippen molar-refractivity contribution in [1.29, 1.82) is 0 Å². The second-order valence-corrected chi connectivity index (χ2v) is 5.04. The third-order valence-corrected chi connectivity index (χ3v) is 3.71. The molecule has 3 atom stereocenters. The molecule has 0 amide bonds. The average molecular weight is 212 g/mol. The van der Waals surface area contributed by atoms with Gasteiger partial charge >= 0.3 is 0 Å². The predicted molar refractivity (Wildman–Crippen MR) is 62.0 cm³/mol. The Morgan fingerprint density at radius 1 is 1.20 bits per heavy atom. The maximum absolute atomic E-state index is 5.19. The van der Waals surface area contributed by atoms with E-state index in [2.05, 4.69) is 10.6 Å². The van der Waals surface area contributed by atoms with E-state index in [0.29, 0.717) is 6.04 Å². The molecule has 2 aliphatic heterocycles. The van der Waals surface area contributed by atoms with Gasteiger partial charge in [0.2, 0.25) is 0 Å². The minimum absolute atomic E-state index is 0.601. The SMILES string of the molecule is COCC1CC(CC2CCCCN2)CN1. The monoisotopic (exact) mass is 212 g/mol. The molecule has 3 heteroatoms. The maximum Gasteiger partial charge on any atom is 0.0615 e. The van der Waals surface area contributed by atoms with Crippen LogP contribution in [0.4, 0.5) is 0 Å². The van der Waals surface area contributed by atoms with Gasteiger partial charge in [0.15, 0.2) is 0 Å². The minimum Gasteiger partial charge on any atom is -0.383 e. The zero-order chi connectivity index (χ0) is 10.5. The van der Waals surface area contributed by atoms with Crippen LogP contribution in [0.25, 0.3) is 0 Å². The van der Waals surface area contributed by atoms with E-state index in [1.807, 2.05) is 0 Å². The van der Waals surface area contributed by atoms with Gasteiger partial charge in [0.05, 0.1) is 6.61 Å². The molecule has 0 aromatic rings. The number of nitrogens with one attached hydrogen (secondary N) is 2. The molecule has 88 valence electrons. The number of ether oxygens (including phenoxy) is 1. The normalized spacial score (nSPS) is 37.0. The molecule has 2 rings (SSSR count). The third-order valence-electron chi connectivity index (χ3n) is 3.71. The van der Waals surface area contributed by atoms with Gasteiger partial charge in [-0.3, -0.25) is 0 Å². The van der Waals surface area contributed by atoms with Crippen molar-refractivity contribution in [3.05, 3.63) is 0 Å². The van der Waals surface area contributed by atoms with Crippen LogP contribution in [0.2, 0.25) is 0 Å². The molecular weight excluding hydrogens is 188 g/mol. The standard InChI is InChI=1S/C12H24N2O/c1-15-9-12-7-10(8-14-12)6-11-4-2-3-5-13-11/h10-14H,2-9H2,1H3. The van der Waals surface area contributed by atoms with Crippen LogP contribution in [-0.2, 0) is 4.74 Å².